The van der Waals surface area contributed by atoms with Crippen molar-refractivity contribution >= 4 is 27.5 Å². The summed E-state index contributed by atoms with van der Waals surface area (Å²) in [6, 6.07) is 7.69. The SMILES string of the molecule is O=C1c2ccccc2C(=O)C1(Br)c1cncc(F)c1. The zero-order chi connectivity index (χ0) is 13.6. The summed E-state index contributed by atoms with van der Waals surface area (Å²) in [6.07, 6.45) is 2.34. The number of hydrogen-bond donors (Lipinski definition) is 0. The Hall–Kier alpha value is -1.88. The van der Waals surface area contributed by atoms with Gasteiger partial charge in [0.25, 0.3) is 0 Å². The fourth-order valence-electron chi connectivity index (χ4n) is 2.22. The molecule has 0 atom stereocenters. The number of carbonyl (C=O) groups is 2. The number of carbonyl (C=O) groups excluding carboxylic acids is 2. The number of halogens is 2. The van der Waals surface area contributed by atoms with Crippen LogP contribution in [0.15, 0.2) is 42.7 Å². The van der Waals surface area contributed by atoms with Crippen LogP contribution in [0, 0.1) is 5.82 Å². The summed E-state index contributed by atoms with van der Waals surface area (Å²) in [5, 5.41) is 0. The van der Waals surface area contributed by atoms with Gasteiger partial charge in [0.1, 0.15) is 5.82 Å². The van der Waals surface area contributed by atoms with Crippen molar-refractivity contribution in [1.82, 2.24) is 4.98 Å². The van der Waals surface area contributed by atoms with Gasteiger partial charge in [-0.2, -0.15) is 0 Å². The van der Waals surface area contributed by atoms with Gasteiger partial charge in [0.05, 0.1) is 6.20 Å². The number of nitrogens with zero attached hydrogens (tertiary/aromatic N) is 1. The van der Waals surface area contributed by atoms with Gasteiger partial charge in [0.2, 0.25) is 0 Å². The summed E-state index contributed by atoms with van der Waals surface area (Å²) in [4.78, 5) is 28.5. The largest absolute Gasteiger partial charge is 0.292 e. The molecule has 1 aromatic heterocycles. The third kappa shape index (κ3) is 1.58. The Kier molecular flexibility index (Phi) is 2.60. The molecule has 0 saturated heterocycles. The predicted molar refractivity (Wildman–Crippen MR) is 69.9 cm³/mol. The third-order valence-corrected chi connectivity index (χ3v) is 4.32. The van der Waals surface area contributed by atoms with Crippen molar-refractivity contribution in [3.8, 4) is 0 Å². The number of alkyl halides is 1. The minimum Gasteiger partial charge on any atom is -0.292 e. The summed E-state index contributed by atoms with van der Waals surface area (Å²) in [7, 11) is 0. The third-order valence-electron chi connectivity index (χ3n) is 3.14. The minimum absolute atomic E-state index is 0.207. The summed E-state index contributed by atoms with van der Waals surface area (Å²) in [6.45, 7) is 0. The highest BCUT2D eigenvalue weighted by molar-refractivity contribution is 9.10. The van der Waals surface area contributed by atoms with E-state index in [2.05, 4.69) is 20.9 Å². The van der Waals surface area contributed by atoms with Gasteiger partial charge in [-0.15, -0.1) is 0 Å². The van der Waals surface area contributed by atoms with E-state index in [0.29, 0.717) is 11.1 Å². The quantitative estimate of drug-likeness (QED) is 0.600. The van der Waals surface area contributed by atoms with Gasteiger partial charge < -0.3 is 0 Å². The van der Waals surface area contributed by atoms with E-state index in [1.54, 1.807) is 24.3 Å². The average molecular weight is 320 g/mol. The molecule has 0 bridgehead atoms. The molecule has 1 aromatic carbocycles. The predicted octanol–water partition coefficient (Wildman–Crippen LogP) is 2.89. The Bertz CT molecular complexity index is 679. The van der Waals surface area contributed by atoms with Crippen LogP contribution in [0.4, 0.5) is 4.39 Å². The van der Waals surface area contributed by atoms with Crippen molar-refractivity contribution in [2.75, 3.05) is 0 Å². The molecule has 0 spiro atoms. The van der Waals surface area contributed by atoms with E-state index in [4.69, 9.17) is 0 Å². The zero-order valence-corrected chi connectivity index (χ0v) is 11.1. The highest BCUT2D eigenvalue weighted by Gasteiger charge is 2.52. The minimum atomic E-state index is -1.56. The number of ketones is 2. The molecule has 0 fully saturated rings. The van der Waals surface area contributed by atoms with Crippen molar-refractivity contribution in [2.24, 2.45) is 0 Å². The van der Waals surface area contributed by atoms with E-state index in [0.717, 1.165) is 12.3 Å². The Balaban J connectivity index is 2.23. The number of hydrogen-bond acceptors (Lipinski definition) is 3. The van der Waals surface area contributed by atoms with E-state index in [1.807, 2.05) is 0 Å². The van der Waals surface area contributed by atoms with E-state index in [1.165, 1.54) is 6.20 Å². The van der Waals surface area contributed by atoms with Gasteiger partial charge in [-0.05, 0) is 6.07 Å². The van der Waals surface area contributed by atoms with E-state index < -0.39 is 10.1 Å². The van der Waals surface area contributed by atoms with Crippen molar-refractivity contribution in [2.45, 2.75) is 4.32 Å². The molecular formula is C14H7BrFNO2. The molecular weight excluding hydrogens is 313 g/mol. The van der Waals surface area contributed by atoms with Gasteiger partial charge in [0, 0.05) is 22.9 Å². The molecule has 94 valence electrons. The summed E-state index contributed by atoms with van der Waals surface area (Å²) in [5.74, 6) is -1.37. The Morgan fingerprint density at radius 1 is 1.05 bits per heavy atom. The number of fused-ring (bicyclic) bond motifs is 1. The number of rotatable bonds is 1. The molecule has 1 heterocycles. The van der Waals surface area contributed by atoms with Gasteiger partial charge in [0.15, 0.2) is 15.9 Å². The topological polar surface area (TPSA) is 47.0 Å². The van der Waals surface area contributed by atoms with Gasteiger partial charge in [-0.1, -0.05) is 40.2 Å². The Morgan fingerprint density at radius 2 is 1.63 bits per heavy atom. The van der Waals surface area contributed by atoms with Crippen LogP contribution >= 0.6 is 15.9 Å². The van der Waals surface area contributed by atoms with E-state index in [9.17, 15) is 14.0 Å². The van der Waals surface area contributed by atoms with Crippen LogP contribution < -0.4 is 0 Å². The van der Waals surface area contributed by atoms with Crippen LogP contribution in [0.3, 0.4) is 0 Å². The number of benzene rings is 1. The summed E-state index contributed by atoms with van der Waals surface area (Å²) in [5.41, 5.74) is 0.890. The molecule has 1 aliphatic carbocycles. The lowest BCUT2D eigenvalue weighted by atomic mass is 9.95. The van der Waals surface area contributed by atoms with E-state index >= 15 is 0 Å². The maximum atomic E-state index is 13.3. The van der Waals surface area contributed by atoms with E-state index in [-0.39, 0.29) is 17.1 Å². The molecule has 5 heteroatoms. The molecule has 0 aliphatic heterocycles. The standard InChI is InChI=1S/C14H7BrFNO2/c15-14(8-5-9(16)7-17-6-8)12(18)10-3-1-2-4-11(10)13(14)19/h1-7H. The second-order valence-corrected chi connectivity index (χ2v) is 5.44. The second kappa shape index (κ2) is 4.06. The summed E-state index contributed by atoms with van der Waals surface area (Å²) >= 11 is 3.19. The molecule has 0 saturated carbocycles. The highest BCUT2D eigenvalue weighted by atomic mass is 79.9. The van der Waals surface area contributed by atoms with Crippen LogP contribution in [0.25, 0.3) is 0 Å². The average Bonchev–Trinajstić information content (AvgIpc) is 2.63. The van der Waals surface area contributed by atoms with Crippen molar-refractivity contribution in [3.05, 3.63) is 65.2 Å². The summed E-state index contributed by atoms with van der Waals surface area (Å²) < 4.78 is 11.7. The van der Waals surface area contributed by atoms with Crippen LogP contribution in [0.1, 0.15) is 26.3 Å². The Morgan fingerprint density at radius 3 is 2.16 bits per heavy atom. The molecule has 2 aromatic rings. The normalized spacial score (nSPS) is 16.5. The lowest BCUT2D eigenvalue weighted by Gasteiger charge is -2.18. The van der Waals surface area contributed by atoms with Crippen molar-refractivity contribution in [1.29, 1.82) is 0 Å². The van der Waals surface area contributed by atoms with Gasteiger partial charge in [-0.3, -0.25) is 14.6 Å². The molecule has 3 rings (SSSR count). The van der Waals surface area contributed by atoms with Gasteiger partial charge >= 0.3 is 0 Å². The zero-order valence-electron chi connectivity index (χ0n) is 9.56. The molecule has 1 aliphatic rings. The highest BCUT2D eigenvalue weighted by Crippen LogP contribution is 2.44. The first kappa shape index (κ1) is 12.2. The van der Waals surface area contributed by atoms with Crippen LogP contribution in [-0.2, 0) is 4.32 Å². The molecule has 0 unspecified atom stereocenters. The lowest BCUT2D eigenvalue weighted by molar-refractivity contribution is 0.0871. The Labute approximate surface area is 116 Å². The monoisotopic (exact) mass is 319 g/mol. The molecule has 0 N–H and O–H groups in total. The lowest BCUT2D eigenvalue weighted by Crippen LogP contribution is -2.31. The van der Waals surface area contributed by atoms with Crippen LogP contribution in [0.5, 0.6) is 0 Å². The first-order valence-corrected chi connectivity index (χ1v) is 6.33. The molecule has 0 radical (unpaired) electrons. The van der Waals surface area contributed by atoms with Crippen molar-refractivity contribution < 1.29 is 14.0 Å². The smallest absolute Gasteiger partial charge is 0.192 e. The van der Waals surface area contributed by atoms with Crippen LogP contribution in [-0.4, -0.2) is 16.6 Å². The number of pyridine rings is 1. The fraction of sp³-hybridized carbons (Fsp3) is 0.0714. The first-order chi connectivity index (χ1) is 9.05. The molecule has 3 nitrogen and oxygen atoms in total. The first-order valence-electron chi connectivity index (χ1n) is 5.53. The van der Waals surface area contributed by atoms with Crippen molar-refractivity contribution in [3.63, 3.8) is 0 Å². The van der Waals surface area contributed by atoms with Crippen LogP contribution in [0.2, 0.25) is 0 Å². The van der Waals surface area contributed by atoms with Gasteiger partial charge in [-0.25, -0.2) is 4.39 Å². The maximum Gasteiger partial charge on any atom is 0.192 e. The molecule has 0 amide bonds. The fourth-order valence-corrected chi connectivity index (χ4v) is 2.86. The number of aromatic nitrogens is 1. The molecule has 19 heavy (non-hydrogen) atoms. The maximum absolute atomic E-state index is 13.3. The number of Topliss-reactive ketones (excluding diaryl/α,β-unsaturated/α-hetero) is 2. The second-order valence-electron chi connectivity index (χ2n) is 4.25.